The lowest BCUT2D eigenvalue weighted by atomic mass is 10.2. The molecule has 0 bridgehead atoms. The molecule has 2 amide bonds. The van der Waals surface area contributed by atoms with Gasteiger partial charge in [0.25, 0.3) is 5.91 Å². The third kappa shape index (κ3) is 5.99. The van der Waals surface area contributed by atoms with Crippen LogP contribution >= 0.6 is 0 Å². The van der Waals surface area contributed by atoms with Gasteiger partial charge < -0.3 is 15.4 Å². The first-order valence-corrected chi connectivity index (χ1v) is 6.34. The predicted molar refractivity (Wildman–Crippen MR) is 75.2 cm³/mol. The van der Waals surface area contributed by atoms with Gasteiger partial charge in [-0.15, -0.1) is 0 Å². The Balaban J connectivity index is 2.42. The van der Waals surface area contributed by atoms with Gasteiger partial charge in [-0.25, -0.2) is 0 Å². The number of amides is 2. The van der Waals surface area contributed by atoms with Gasteiger partial charge in [0.1, 0.15) is 0 Å². The molecule has 1 aromatic rings. The van der Waals surface area contributed by atoms with Crippen LogP contribution in [0, 0.1) is 0 Å². The van der Waals surface area contributed by atoms with E-state index in [1.165, 1.54) is 6.92 Å². The molecule has 108 valence electrons. The van der Waals surface area contributed by atoms with Crippen LogP contribution in [0.2, 0.25) is 0 Å². The second-order valence-corrected chi connectivity index (χ2v) is 4.22. The summed E-state index contributed by atoms with van der Waals surface area (Å²) >= 11 is 0. The number of esters is 1. The van der Waals surface area contributed by atoms with Gasteiger partial charge in [0, 0.05) is 24.7 Å². The van der Waals surface area contributed by atoms with Crippen LogP contribution in [0.1, 0.15) is 26.7 Å². The molecule has 6 heteroatoms. The summed E-state index contributed by atoms with van der Waals surface area (Å²) in [5, 5.41) is 5.21. The molecule has 0 spiro atoms. The van der Waals surface area contributed by atoms with E-state index in [9.17, 15) is 14.4 Å². The van der Waals surface area contributed by atoms with E-state index in [4.69, 9.17) is 4.74 Å². The van der Waals surface area contributed by atoms with E-state index < -0.39 is 5.91 Å². The normalized spacial score (nSPS) is 9.70. The molecule has 6 nitrogen and oxygen atoms in total. The van der Waals surface area contributed by atoms with Crippen molar-refractivity contribution in [2.75, 3.05) is 17.2 Å². The predicted octanol–water partition coefficient (Wildman–Crippen LogP) is 1.93. The molecule has 0 aliphatic rings. The van der Waals surface area contributed by atoms with E-state index in [1.54, 1.807) is 24.3 Å². The van der Waals surface area contributed by atoms with Crippen LogP contribution in [0.3, 0.4) is 0 Å². The first-order valence-electron chi connectivity index (χ1n) is 6.34. The van der Waals surface area contributed by atoms with E-state index >= 15 is 0 Å². The Hall–Kier alpha value is -2.37. The summed E-state index contributed by atoms with van der Waals surface area (Å²) in [4.78, 5) is 33.5. The molecule has 1 aromatic carbocycles. The number of carbonyl (C=O) groups is 3. The van der Waals surface area contributed by atoms with E-state index in [-0.39, 0.29) is 18.5 Å². The molecular formula is C14H18N2O4. The van der Waals surface area contributed by atoms with Crippen LogP contribution in [0.5, 0.6) is 0 Å². The van der Waals surface area contributed by atoms with Crippen molar-refractivity contribution >= 4 is 29.2 Å². The highest BCUT2D eigenvalue weighted by Crippen LogP contribution is 2.13. The maximum atomic E-state index is 11.5. The molecule has 0 fully saturated rings. The molecule has 0 unspecified atom stereocenters. The van der Waals surface area contributed by atoms with Crippen LogP contribution in [0.4, 0.5) is 11.4 Å². The number of nitrogens with one attached hydrogen (secondary N) is 2. The molecule has 0 aromatic heterocycles. The summed E-state index contributed by atoms with van der Waals surface area (Å²) in [6, 6.07) is 6.63. The Labute approximate surface area is 117 Å². The van der Waals surface area contributed by atoms with Crippen molar-refractivity contribution in [1.82, 2.24) is 0 Å². The SMILES string of the molecule is CCCC(=O)OCC(=O)Nc1ccc(NC(C)=O)cc1. The van der Waals surface area contributed by atoms with Crippen molar-refractivity contribution in [3.63, 3.8) is 0 Å². The van der Waals surface area contributed by atoms with Crippen LogP contribution in [-0.2, 0) is 19.1 Å². The Bertz CT molecular complexity index is 482. The average Bonchev–Trinajstić information content (AvgIpc) is 2.38. The number of anilines is 2. The lowest BCUT2D eigenvalue weighted by Gasteiger charge is -2.07. The molecule has 0 radical (unpaired) electrons. The average molecular weight is 278 g/mol. The third-order valence-corrected chi connectivity index (χ3v) is 2.31. The molecule has 0 aliphatic carbocycles. The van der Waals surface area contributed by atoms with Gasteiger partial charge in [0.15, 0.2) is 6.61 Å². The van der Waals surface area contributed by atoms with Crippen LogP contribution in [0.15, 0.2) is 24.3 Å². The molecule has 0 heterocycles. The summed E-state index contributed by atoms with van der Waals surface area (Å²) in [6.07, 6.45) is 0.990. The van der Waals surface area contributed by atoms with Crippen molar-refractivity contribution in [3.05, 3.63) is 24.3 Å². The molecule has 2 N–H and O–H groups in total. The quantitative estimate of drug-likeness (QED) is 0.779. The highest BCUT2D eigenvalue weighted by atomic mass is 16.5. The molecular weight excluding hydrogens is 260 g/mol. The molecule has 0 aliphatic heterocycles. The molecule has 1 rings (SSSR count). The number of ether oxygens (including phenoxy) is 1. The second-order valence-electron chi connectivity index (χ2n) is 4.22. The lowest BCUT2D eigenvalue weighted by Crippen LogP contribution is -2.20. The van der Waals surface area contributed by atoms with Gasteiger partial charge in [-0.05, 0) is 30.7 Å². The minimum absolute atomic E-state index is 0.162. The van der Waals surface area contributed by atoms with E-state index in [1.807, 2.05) is 6.92 Å². The Morgan fingerprint density at radius 2 is 1.60 bits per heavy atom. The monoisotopic (exact) mass is 278 g/mol. The molecule has 0 atom stereocenters. The summed E-state index contributed by atoms with van der Waals surface area (Å²) in [5.41, 5.74) is 1.21. The van der Waals surface area contributed by atoms with Gasteiger partial charge in [0.2, 0.25) is 5.91 Å². The Kier molecular flexibility index (Phi) is 6.22. The first kappa shape index (κ1) is 15.7. The van der Waals surface area contributed by atoms with Crippen LogP contribution in [0.25, 0.3) is 0 Å². The number of rotatable bonds is 6. The first-order chi connectivity index (χ1) is 9.51. The van der Waals surface area contributed by atoms with Crippen LogP contribution < -0.4 is 10.6 Å². The summed E-state index contributed by atoms with van der Waals surface area (Å²) in [7, 11) is 0. The highest BCUT2D eigenvalue weighted by molar-refractivity contribution is 5.93. The Morgan fingerprint density at radius 3 is 2.10 bits per heavy atom. The second kappa shape index (κ2) is 7.93. The zero-order chi connectivity index (χ0) is 15.0. The maximum absolute atomic E-state index is 11.5. The third-order valence-electron chi connectivity index (χ3n) is 2.31. The smallest absolute Gasteiger partial charge is 0.306 e. The zero-order valence-corrected chi connectivity index (χ0v) is 11.6. The summed E-state index contributed by atoms with van der Waals surface area (Å²) in [5.74, 6) is -0.949. The highest BCUT2D eigenvalue weighted by Gasteiger charge is 2.07. The van der Waals surface area contributed by atoms with Crippen LogP contribution in [-0.4, -0.2) is 24.4 Å². The van der Waals surface area contributed by atoms with E-state index in [2.05, 4.69) is 10.6 Å². The largest absolute Gasteiger partial charge is 0.456 e. The minimum Gasteiger partial charge on any atom is -0.456 e. The topological polar surface area (TPSA) is 84.5 Å². The number of hydrogen-bond acceptors (Lipinski definition) is 4. The van der Waals surface area contributed by atoms with Gasteiger partial charge in [-0.3, -0.25) is 14.4 Å². The maximum Gasteiger partial charge on any atom is 0.306 e. The number of carbonyl (C=O) groups excluding carboxylic acids is 3. The summed E-state index contributed by atoms with van der Waals surface area (Å²) in [6.45, 7) is 2.98. The standard InChI is InChI=1S/C14H18N2O4/c1-3-4-14(19)20-9-13(18)16-12-7-5-11(6-8-12)15-10(2)17/h5-8H,3-4,9H2,1-2H3,(H,15,17)(H,16,18). The van der Waals surface area contributed by atoms with Gasteiger partial charge >= 0.3 is 5.97 Å². The number of hydrogen-bond donors (Lipinski definition) is 2. The van der Waals surface area contributed by atoms with Crippen molar-refractivity contribution in [3.8, 4) is 0 Å². The molecule has 0 saturated carbocycles. The fraction of sp³-hybridized carbons (Fsp3) is 0.357. The van der Waals surface area contributed by atoms with E-state index in [0.29, 0.717) is 24.2 Å². The van der Waals surface area contributed by atoms with Crippen molar-refractivity contribution < 1.29 is 19.1 Å². The Morgan fingerprint density at radius 1 is 1.05 bits per heavy atom. The van der Waals surface area contributed by atoms with Gasteiger partial charge in [-0.1, -0.05) is 6.92 Å². The molecule has 0 saturated heterocycles. The van der Waals surface area contributed by atoms with Crippen molar-refractivity contribution in [2.24, 2.45) is 0 Å². The molecule has 20 heavy (non-hydrogen) atoms. The number of benzene rings is 1. The zero-order valence-electron chi connectivity index (χ0n) is 11.6. The lowest BCUT2D eigenvalue weighted by molar-refractivity contribution is -0.147. The fourth-order valence-electron chi connectivity index (χ4n) is 1.46. The summed E-state index contributed by atoms with van der Waals surface area (Å²) < 4.78 is 4.78. The van der Waals surface area contributed by atoms with Crippen molar-refractivity contribution in [2.45, 2.75) is 26.7 Å². The van der Waals surface area contributed by atoms with E-state index in [0.717, 1.165) is 0 Å². The van der Waals surface area contributed by atoms with Gasteiger partial charge in [0.05, 0.1) is 0 Å². The minimum atomic E-state index is -0.401. The fourth-order valence-corrected chi connectivity index (χ4v) is 1.46. The van der Waals surface area contributed by atoms with Gasteiger partial charge in [-0.2, -0.15) is 0 Å². The van der Waals surface area contributed by atoms with Crippen molar-refractivity contribution in [1.29, 1.82) is 0 Å².